The molecular weight excluding hydrogens is 278 g/mol. The highest BCUT2D eigenvalue weighted by atomic mass is 32.2. The number of carbonyl (C=O) groups excluding carboxylic acids is 1. The summed E-state index contributed by atoms with van der Waals surface area (Å²) in [6.07, 6.45) is 2.05. The molecule has 0 saturated heterocycles. The van der Waals surface area contributed by atoms with Gasteiger partial charge in [0.1, 0.15) is 5.00 Å². The first-order valence-corrected chi connectivity index (χ1v) is 7.83. The molecule has 0 aliphatic heterocycles. The van der Waals surface area contributed by atoms with Crippen LogP contribution in [-0.2, 0) is 4.74 Å². The number of nitrogen functional groups attached to an aromatic ring is 1. The molecule has 100 valence electrons. The van der Waals surface area contributed by atoms with Crippen molar-refractivity contribution in [2.24, 2.45) is 0 Å². The second-order valence-electron chi connectivity index (χ2n) is 3.94. The molecule has 2 aromatic rings. The zero-order chi connectivity index (χ0) is 13.8. The molecule has 1 aromatic carbocycles. The first kappa shape index (κ1) is 14.0. The van der Waals surface area contributed by atoms with Gasteiger partial charge >= 0.3 is 5.97 Å². The summed E-state index contributed by atoms with van der Waals surface area (Å²) in [5.74, 6) is -0.382. The number of benzene rings is 1. The maximum Gasteiger partial charge on any atom is 0.340 e. The van der Waals surface area contributed by atoms with Gasteiger partial charge in [-0.15, -0.1) is 11.3 Å². The second-order valence-corrected chi connectivity index (χ2v) is 6.00. The van der Waals surface area contributed by atoms with Gasteiger partial charge in [-0.2, -0.15) is 11.8 Å². The maximum absolute atomic E-state index is 11.6. The quantitative estimate of drug-likeness (QED) is 0.876. The number of thiophene rings is 1. The van der Waals surface area contributed by atoms with Crippen molar-refractivity contribution in [2.45, 2.75) is 5.25 Å². The van der Waals surface area contributed by atoms with Gasteiger partial charge < -0.3 is 10.5 Å². The maximum atomic E-state index is 11.6. The van der Waals surface area contributed by atoms with Crippen LogP contribution in [0.15, 0.2) is 36.4 Å². The largest absolute Gasteiger partial charge is 0.465 e. The molecule has 1 heterocycles. The van der Waals surface area contributed by atoms with Gasteiger partial charge in [0.15, 0.2) is 0 Å². The Kier molecular flexibility index (Phi) is 4.50. The average molecular weight is 293 g/mol. The number of hydrogen-bond donors (Lipinski definition) is 1. The Morgan fingerprint density at radius 2 is 2.05 bits per heavy atom. The van der Waals surface area contributed by atoms with Crippen LogP contribution in [0.3, 0.4) is 0 Å². The molecule has 0 aliphatic carbocycles. The van der Waals surface area contributed by atoms with Crippen molar-refractivity contribution in [1.82, 2.24) is 0 Å². The molecule has 2 N–H and O–H groups in total. The zero-order valence-electron chi connectivity index (χ0n) is 10.8. The van der Waals surface area contributed by atoms with Crippen LogP contribution in [0.4, 0.5) is 5.00 Å². The van der Waals surface area contributed by atoms with Gasteiger partial charge in [-0.25, -0.2) is 4.79 Å². The number of esters is 1. The highest BCUT2D eigenvalue weighted by Gasteiger charge is 2.20. The first-order chi connectivity index (χ1) is 9.17. The molecule has 19 heavy (non-hydrogen) atoms. The lowest BCUT2D eigenvalue weighted by atomic mass is 10.1. The Hall–Kier alpha value is -1.46. The van der Waals surface area contributed by atoms with Crippen molar-refractivity contribution in [1.29, 1.82) is 0 Å². The Morgan fingerprint density at radius 3 is 2.63 bits per heavy atom. The van der Waals surface area contributed by atoms with Gasteiger partial charge in [0.25, 0.3) is 0 Å². The van der Waals surface area contributed by atoms with Crippen molar-refractivity contribution >= 4 is 34.1 Å². The van der Waals surface area contributed by atoms with Crippen molar-refractivity contribution in [3.8, 4) is 0 Å². The summed E-state index contributed by atoms with van der Waals surface area (Å²) >= 11 is 3.16. The minimum atomic E-state index is -0.382. The van der Waals surface area contributed by atoms with E-state index in [-0.39, 0.29) is 11.2 Å². The fraction of sp³-hybridized carbons (Fsp3) is 0.214. The van der Waals surface area contributed by atoms with Gasteiger partial charge in [0.05, 0.1) is 17.9 Å². The number of nitrogens with two attached hydrogens (primary N) is 1. The third-order valence-electron chi connectivity index (χ3n) is 2.78. The van der Waals surface area contributed by atoms with E-state index in [0.717, 1.165) is 4.88 Å². The molecule has 0 saturated carbocycles. The number of rotatable bonds is 4. The van der Waals surface area contributed by atoms with E-state index in [0.29, 0.717) is 10.6 Å². The van der Waals surface area contributed by atoms with Crippen LogP contribution in [-0.4, -0.2) is 19.3 Å². The highest BCUT2D eigenvalue weighted by Crippen LogP contribution is 2.40. The molecule has 3 nitrogen and oxygen atoms in total. The molecule has 0 bridgehead atoms. The lowest BCUT2D eigenvalue weighted by Gasteiger charge is -2.12. The summed E-state index contributed by atoms with van der Waals surface area (Å²) < 4.78 is 4.73. The van der Waals surface area contributed by atoms with E-state index in [1.54, 1.807) is 11.8 Å². The first-order valence-electron chi connectivity index (χ1n) is 5.72. The molecule has 0 spiro atoms. The van der Waals surface area contributed by atoms with E-state index in [9.17, 15) is 4.79 Å². The van der Waals surface area contributed by atoms with E-state index < -0.39 is 0 Å². The van der Waals surface area contributed by atoms with Crippen LogP contribution in [0.1, 0.15) is 26.0 Å². The summed E-state index contributed by atoms with van der Waals surface area (Å²) in [6.45, 7) is 0. The van der Waals surface area contributed by atoms with E-state index in [1.165, 1.54) is 24.0 Å². The number of thioether (sulfide) groups is 1. The topological polar surface area (TPSA) is 52.3 Å². The zero-order valence-corrected chi connectivity index (χ0v) is 12.4. The lowest BCUT2D eigenvalue weighted by Crippen LogP contribution is -2.02. The second kappa shape index (κ2) is 6.12. The van der Waals surface area contributed by atoms with Crippen LogP contribution >= 0.6 is 23.1 Å². The summed E-state index contributed by atoms with van der Waals surface area (Å²) in [7, 11) is 1.36. The van der Waals surface area contributed by atoms with Gasteiger partial charge in [-0.05, 0) is 17.9 Å². The van der Waals surface area contributed by atoms with Crippen molar-refractivity contribution < 1.29 is 9.53 Å². The SMILES string of the molecule is COC(=O)c1cc(C(SC)c2ccccc2)sc1N. The van der Waals surface area contributed by atoms with E-state index >= 15 is 0 Å². The molecule has 0 amide bonds. The summed E-state index contributed by atoms with van der Waals surface area (Å²) in [5.41, 5.74) is 7.55. The molecule has 1 aromatic heterocycles. The molecular formula is C14H15NO2S2. The minimum Gasteiger partial charge on any atom is -0.465 e. The molecule has 0 aliphatic rings. The van der Waals surface area contributed by atoms with Gasteiger partial charge in [0.2, 0.25) is 0 Å². The number of carbonyl (C=O) groups is 1. The Bertz CT molecular complexity index is 566. The Balaban J connectivity index is 2.37. The van der Waals surface area contributed by atoms with Crippen molar-refractivity contribution in [3.05, 3.63) is 52.4 Å². The standard InChI is InChI=1S/C14H15NO2S2/c1-17-14(16)10-8-11(19-13(10)15)12(18-2)9-6-4-3-5-7-9/h3-8,12H,15H2,1-2H3. The van der Waals surface area contributed by atoms with E-state index in [4.69, 9.17) is 10.5 Å². The van der Waals surface area contributed by atoms with Gasteiger partial charge in [-0.1, -0.05) is 30.3 Å². The predicted octanol–water partition coefficient (Wildman–Crippen LogP) is 3.57. The van der Waals surface area contributed by atoms with Crippen LogP contribution < -0.4 is 5.73 Å². The van der Waals surface area contributed by atoms with Crippen LogP contribution in [0.5, 0.6) is 0 Å². The smallest absolute Gasteiger partial charge is 0.340 e. The monoisotopic (exact) mass is 293 g/mol. The average Bonchev–Trinajstić information content (AvgIpc) is 2.82. The number of ether oxygens (including phenoxy) is 1. The van der Waals surface area contributed by atoms with Crippen molar-refractivity contribution in [2.75, 3.05) is 19.1 Å². The third kappa shape index (κ3) is 2.93. The number of anilines is 1. The molecule has 5 heteroatoms. The van der Waals surface area contributed by atoms with Crippen LogP contribution in [0.25, 0.3) is 0 Å². The Morgan fingerprint density at radius 1 is 1.37 bits per heavy atom. The molecule has 1 unspecified atom stereocenters. The van der Waals surface area contributed by atoms with Crippen molar-refractivity contribution in [3.63, 3.8) is 0 Å². The van der Waals surface area contributed by atoms with E-state index in [1.807, 2.05) is 30.5 Å². The summed E-state index contributed by atoms with van der Waals surface area (Å²) in [4.78, 5) is 12.7. The molecule has 0 radical (unpaired) electrons. The van der Waals surface area contributed by atoms with Crippen LogP contribution in [0.2, 0.25) is 0 Å². The number of methoxy groups -OCH3 is 1. The van der Waals surface area contributed by atoms with Gasteiger partial charge in [-0.3, -0.25) is 0 Å². The summed E-state index contributed by atoms with van der Waals surface area (Å²) in [5, 5.41) is 0.698. The predicted molar refractivity (Wildman–Crippen MR) is 81.9 cm³/mol. The van der Waals surface area contributed by atoms with Crippen LogP contribution in [0, 0.1) is 0 Å². The molecule has 0 fully saturated rings. The lowest BCUT2D eigenvalue weighted by molar-refractivity contribution is 0.0602. The summed E-state index contributed by atoms with van der Waals surface area (Å²) in [6, 6.07) is 12.0. The Labute approximate surface area is 120 Å². The fourth-order valence-corrected chi connectivity index (χ4v) is 3.96. The van der Waals surface area contributed by atoms with Gasteiger partial charge in [0, 0.05) is 4.88 Å². The molecule has 1 atom stereocenters. The molecule has 2 rings (SSSR count). The fourth-order valence-electron chi connectivity index (χ4n) is 1.87. The highest BCUT2D eigenvalue weighted by molar-refractivity contribution is 7.99. The third-order valence-corrected chi connectivity index (χ3v) is 4.96. The minimum absolute atomic E-state index is 0.187. The van der Waals surface area contributed by atoms with E-state index in [2.05, 4.69) is 12.1 Å². The normalized spacial score (nSPS) is 12.1. The number of hydrogen-bond acceptors (Lipinski definition) is 5.